The van der Waals surface area contributed by atoms with Gasteiger partial charge < -0.3 is 9.80 Å². The molecule has 162 valence electrons. The maximum atomic E-state index is 13.9. The number of aryl methyl sites for hydroxylation is 1. The van der Waals surface area contributed by atoms with E-state index in [0.717, 1.165) is 55.1 Å². The van der Waals surface area contributed by atoms with Crippen LogP contribution in [-0.2, 0) is 0 Å². The fraction of sp³-hybridized carbons (Fsp3) is 0.435. The molecule has 0 spiro atoms. The molecule has 4 heterocycles. The number of halogens is 2. The Labute approximate surface area is 185 Å². The van der Waals surface area contributed by atoms with Crippen molar-refractivity contribution >= 4 is 29.0 Å². The van der Waals surface area contributed by atoms with Crippen LogP contribution in [0, 0.1) is 12.7 Å². The van der Waals surface area contributed by atoms with Gasteiger partial charge in [-0.2, -0.15) is 5.10 Å². The van der Waals surface area contributed by atoms with Crippen LogP contribution in [0.4, 0.5) is 10.2 Å². The van der Waals surface area contributed by atoms with Gasteiger partial charge in [0.15, 0.2) is 5.65 Å². The van der Waals surface area contributed by atoms with Crippen LogP contribution in [0.3, 0.4) is 0 Å². The Morgan fingerprint density at radius 3 is 2.74 bits per heavy atom. The number of amides is 1. The summed E-state index contributed by atoms with van der Waals surface area (Å²) in [6.45, 7) is 4.72. The van der Waals surface area contributed by atoms with Crippen molar-refractivity contribution in [1.29, 1.82) is 0 Å². The predicted octanol–water partition coefficient (Wildman–Crippen LogP) is 4.80. The van der Waals surface area contributed by atoms with E-state index in [1.54, 1.807) is 15.5 Å². The van der Waals surface area contributed by atoms with Gasteiger partial charge in [0.1, 0.15) is 11.6 Å². The maximum Gasteiger partial charge on any atom is 0.256 e. The molecule has 31 heavy (non-hydrogen) atoms. The van der Waals surface area contributed by atoms with Crippen LogP contribution in [0.15, 0.2) is 30.5 Å². The van der Waals surface area contributed by atoms with Gasteiger partial charge in [0.25, 0.3) is 5.91 Å². The molecular weight excluding hydrogens is 417 g/mol. The summed E-state index contributed by atoms with van der Waals surface area (Å²) in [5, 5.41) is 4.64. The van der Waals surface area contributed by atoms with E-state index in [9.17, 15) is 9.18 Å². The SMILES string of the molecule is Cc1cn2nc(C3CCCCN3C(=O)c3cccc(F)c3Cl)cc2nc1N1CCCC1. The van der Waals surface area contributed by atoms with Crippen molar-refractivity contribution in [3.8, 4) is 0 Å². The quantitative estimate of drug-likeness (QED) is 0.586. The third kappa shape index (κ3) is 3.65. The summed E-state index contributed by atoms with van der Waals surface area (Å²) in [6.07, 6.45) is 7.11. The van der Waals surface area contributed by atoms with E-state index in [1.807, 2.05) is 12.3 Å². The van der Waals surface area contributed by atoms with Crippen molar-refractivity contribution in [2.45, 2.75) is 45.1 Å². The third-order valence-electron chi connectivity index (χ3n) is 6.32. The third-order valence-corrected chi connectivity index (χ3v) is 6.70. The first-order valence-corrected chi connectivity index (χ1v) is 11.3. The Morgan fingerprint density at radius 2 is 1.94 bits per heavy atom. The maximum absolute atomic E-state index is 13.9. The van der Waals surface area contributed by atoms with Crippen molar-refractivity contribution in [1.82, 2.24) is 19.5 Å². The standard InChI is InChI=1S/C23H25ClFN5O/c1-15-14-30-20(26-22(15)28-10-4-5-11-28)13-18(27-30)19-9-2-3-12-29(19)23(31)16-7-6-8-17(25)21(16)24/h6-8,13-14,19H,2-5,9-12H2,1H3. The number of piperidine rings is 1. The molecule has 1 amide bonds. The summed E-state index contributed by atoms with van der Waals surface area (Å²) in [4.78, 5) is 22.3. The number of aromatic nitrogens is 3. The lowest BCUT2D eigenvalue weighted by Gasteiger charge is -2.35. The Balaban J connectivity index is 1.49. The fourth-order valence-corrected chi connectivity index (χ4v) is 4.94. The van der Waals surface area contributed by atoms with Crippen LogP contribution >= 0.6 is 11.6 Å². The van der Waals surface area contributed by atoms with Gasteiger partial charge in [-0.05, 0) is 51.2 Å². The number of benzene rings is 1. The molecule has 0 radical (unpaired) electrons. The van der Waals surface area contributed by atoms with Crippen molar-refractivity contribution in [2.75, 3.05) is 24.5 Å². The van der Waals surface area contributed by atoms with Crippen LogP contribution in [0.25, 0.3) is 5.65 Å². The Bertz CT molecular complexity index is 1140. The highest BCUT2D eigenvalue weighted by Gasteiger charge is 2.32. The van der Waals surface area contributed by atoms with Crippen molar-refractivity contribution in [3.05, 3.63) is 58.1 Å². The molecule has 0 aliphatic carbocycles. The van der Waals surface area contributed by atoms with E-state index in [-0.39, 0.29) is 22.5 Å². The minimum Gasteiger partial charge on any atom is -0.356 e. The van der Waals surface area contributed by atoms with E-state index in [1.165, 1.54) is 25.0 Å². The molecule has 2 aliphatic rings. The number of anilines is 1. The summed E-state index contributed by atoms with van der Waals surface area (Å²) < 4.78 is 15.7. The summed E-state index contributed by atoms with van der Waals surface area (Å²) in [6, 6.07) is 6.16. The van der Waals surface area contributed by atoms with E-state index < -0.39 is 5.82 Å². The Hall–Kier alpha value is -2.67. The van der Waals surface area contributed by atoms with Gasteiger partial charge in [0, 0.05) is 37.5 Å². The molecule has 2 saturated heterocycles. The lowest BCUT2D eigenvalue weighted by Crippen LogP contribution is -2.39. The van der Waals surface area contributed by atoms with Crippen LogP contribution < -0.4 is 4.90 Å². The lowest BCUT2D eigenvalue weighted by molar-refractivity contribution is 0.0605. The number of fused-ring (bicyclic) bond motifs is 1. The summed E-state index contributed by atoms with van der Waals surface area (Å²) >= 11 is 6.11. The minimum absolute atomic E-state index is 0.126. The van der Waals surface area contributed by atoms with E-state index in [2.05, 4.69) is 11.8 Å². The molecular formula is C23H25ClFN5O. The summed E-state index contributed by atoms with van der Waals surface area (Å²) in [7, 11) is 0. The molecule has 0 saturated carbocycles. The largest absolute Gasteiger partial charge is 0.356 e. The van der Waals surface area contributed by atoms with Gasteiger partial charge in [0.2, 0.25) is 0 Å². The second kappa shape index (κ2) is 8.11. The van der Waals surface area contributed by atoms with E-state index in [4.69, 9.17) is 21.7 Å². The number of likely N-dealkylation sites (tertiary alicyclic amines) is 1. The molecule has 2 aliphatic heterocycles. The molecule has 1 aromatic carbocycles. The van der Waals surface area contributed by atoms with E-state index in [0.29, 0.717) is 6.54 Å². The normalized spacial score (nSPS) is 19.4. The Morgan fingerprint density at radius 1 is 1.16 bits per heavy atom. The average molecular weight is 442 g/mol. The number of hydrogen-bond acceptors (Lipinski definition) is 4. The molecule has 5 rings (SSSR count). The van der Waals surface area contributed by atoms with E-state index >= 15 is 0 Å². The van der Waals surface area contributed by atoms with Gasteiger partial charge in [-0.3, -0.25) is 4.79 Å². The van der Waals surface area contributed by atoms with Crippen molar-refractivity contribution in [2.24, 2.45) is 0 Å². The highest BCUT2D eigenvalue weighted by molar-refractivity contribution is 6.34. The monoisotopic (exact) mass is 441 g/mol. The molecule has 2 fully saturated rings. The lowest BCUT2D eigenvalue weighted by atomic mass is 9.98. The van der Waals surface area contributed by atoms with Crippen LogP contribution in [0.2, 0.25) is 5.02 Å². The average Bonchev–Trinajstić information content (AvgIpc) is 3.44. The molecule has 1 unspecified atom stereocenters. The number of carbonyl (C=O) groups excluding carboxylic acids is 1. The zero-order valence-corrected chi connectivity index (χ0v) is 18.3. The van der Waals surface area contributed by atoms with Crippen LogP contribution in [0.1, 0.15) is 59.8 Å². The molecule has 6 nitrogen and oxygen atoms in total. The molecule has 2 aromatic heterocycles. The zero-order valence-electron chi connectivity index (χ0n) is 17.5. The smallest absolute Gasteiger partial charge is 0.256 e. The fourth-order valence-electron chi connectivity index (χ4n) is 4.74. The molecule has 3 aromatic rings. The van der Waals surface area contributed by atoms with Crippen LogP contribution in [-0.4, -0.2) is 45.0 Å². The highest BCUT2D eigenvalue weighted by atomic mass is 35.5. The molecule has 8 heteroatoms. The first kappa shape index (κ1) is 20.2. The summed E-state index contributed by atoms with van der Waals surface area (Å²) in [5.74, 6) is 0.177. The number of hydrogen-bond donors (Lipinski definition) is 0. The second-order valence-corrected chi connectivity index (χ2v) is 8.80. The second-order valence-electron chi connectivity index (χ2n) is 8.43. The zero-order chi connectivity index (χ0) is 21.5. The van der Waals surface area contributed by atoms with Gasteiger partial charge in [-0.1, -0.05) is 17.7 Å². The van der Waals surface area contributed by atoms with Gasteiger partial charge in [-0.25, -0.2) is 13.9 Å². The van der Waals surface area contributed by atoms with Gasteiger partial charge >= 0.3 is 0 Å². The predicted molar refractivity (Wildman–Crippen MR) is 118 cm³/mol. The first-order chi connectivity index (χ1) is 15.0. The Kier molecular flexibility index (Phi) is 5.30. The molecule has 0 N–H and O–H groups in total. The summed E-state index contributed by atoms with van der Waals surface area (Å²) in [5.41, 5.74) is 2.88. The van der Waals surface area contributed by atoms with Gasteiger partial charge in [-0.15, -0.1) is 0 Å². The minimum atomic E-state index is -0.581. The molecule has 0 bridgehead atoms. The first-order valence-electron chi connectivity index (χ1n) is 10.9. The number of carbonyl (C=O) groups is 1. The van der Waals surface area contributed by atoms with Crippen molar-refractivity contribution in [3.63, 3.8) is 0 Å². The van der Waals surface area contributed by atoms with Crippen LogP contribution in [0.5, 0.6) is 0 Å². The topological polar surface area (TPSA) is 53.7 Å². The van der Waals surface area contributed by atoms with Crippen molar-refractivity contribution < 1.29 is 9.18 Å². The highest BCUT2D eigenvalue weighted by Crippen LogP contribution is 2.34. The number of nitrogens with zero attached hydrogens (tertiary/aromatic N) is 5. The van der Waals surface area contributed by atoms with Gasteiger partial charge in [0.05, 0.1) is 22.3 Å². The molecule has 1 atom stereocenters. The number of rotatable bonds is 3.